The lowest BCUT2D eigenvalue weighted by molar-refractivity contribution is 0.261. The van der Waals surface area contributed by atoms with Crippen molar-refractivity contribution in [3.05, 3.63) is 29.6 Å². The minimum Gasteiger partial charge on any atom is -0.493 e. The highest BCUT2D eigenvalue weighted by Gasteiger charge is 2.27. The third kappa shape index (κ3) is 2.63. The maximum absolute atomic E-state index is 13.2. The van der Waals surface area contributed by atoms with Gasteiger partial charge < -0.3 is 4.74 Å². The zero-order chi connectivity index (χ0) is 13.3. The van der Waals surface area contributed by atoms with Crippen molar-refractivity contribution >= 4 is 10.2 Å². The third-order valence-electron chi connectivity index (χ3n) is 2.78. The molecule has 1 aromatic rings. The highest BCUT2D eigenvalue weighted by molar-refractivity contribution is 7.87. The number of nitrogens with one attached hydrogen (secondary N) is 1. The van der Waals surface area contributed by atoms with Crippen molar-refractivity contribution in [2.75, 3.05) is 20.7 Å². The van der Waals surface area contributed by atoms with Crippen LogP contribution in [0, 0.1) is 5.82 Å². The number of rotatable bonds is 3. The Morgan fingerprint density at radius 2 is 2.17 bits per heavy atom. The second-order valence-corrected chi connectivity index (χ2v) is 6.19. The molecule has 5 nitrogen and oxygen atoms in total. The van der Waals surface area contributed by atoms with E-state index in [9.17, 15) is 12.8 Å². The molecular formula is C11H15FN2O3S. The number of hydrogen-bond acceptors (Lipinski definition) is 3. The zero-order valence-electron chi connectivity index (χ0n) is 10.2. The van der Waals surface area contributed by atoms with Crippen molar-refractivity contribution < 1.29 is 17.5 Å². The van der Waals surface area contributed by atoms with Crippen LogP contribution in [0.3, 0.4) is 0 Å². The largest absolute Gasteiger partial charge is 0.493 e. The quantitative estimate of drug-likeness (QED) is 0.896. The molecule has 1 aliphatic heterocycles. The summed E-state index contributed by atoms with van der Waals surface area (Å²) < 4.78 is 45.7. The average molecular weight is 274 g/mol. The van der Waals surface area contributed by atoms with Gasteiger partial charge in [-0.25, -0.2) is 4.39 Å². The van der Waals surface area contributed by atoms with Gasteiger partial charge in [-0.2, -0.15) is 17.4 Å². The molecule has 18 heavy (non-hydrogen) atoms. The van der Waals surface area contributed by atoms with Crippen molar-refractivity contribution in [2.45, 2.75) is 12.5 Å². The Bertz CT molecular complexity index is 545. The predicted molar refractivity (Wildman–Crippen MR) is 65.0 cm³/mol. The van der Waals surface area contributed by atoms with E-state index in [2.05, 4.69) is 4.72 Å². The molecule has 7 heteroatoms. The molecule has 2 rings (SSSR count). The lowest BCUT2D eigenvalue weighted by Crippen LogP contribution is -2.39. The third-order valence-corrected chi connectivity index (χ3v) is 4.33. The van der Waals surface area contributed by atoms with Gasteiger partial charge in [-0.1, -0.05) is 0 Å². The Kier molecular flexibility index (Phi) is 3.56. The molecule has 1 heterocycles. The first-order chi connectivity index (χ1) is 8.40. The zero-order valence-corrected chi connectivity index (χ0v) is 11.0. The molecule has 0 amide bonds. The van der Waals surface area contributed by atoms with Crippen LogP contribution >= 0.6 is 0 Å². The van der Waals surface area contributed by atoms with Crippen LogP contribution in [0.2, 0.25) is 0 Å². The topological polar surface area (TPSA) is 58.6 Å². The van der Waals surface area contributed by atoms with Gasteiger partial charge in [-0.15, -0.1) is 0 Å². The van der Waals surface area contributed by atoms with E-state index < -0.39 is 22.1 Å². The Labute approximate surface area is 106 Å². The molecule has 1 atom stereocenters. The lowest BCUT2D eigenvalue weighted by atomic mass is 10.0. The molecule has 1 unspecified atom stereocenters. The molecule has 1 aromatic carbocycles. The molecule has 0 saturated heterocycles. The van der Waals surface area contributed by atoms with Crippen LogP contribution in [0.15, 0.2) is 18.2 Å². The summed E-state index contributed by atoms with van der Waals surface area (Å²) in [5.41, 5.74) is 0.534. The average Bonchev–Trinajstić information content (AvgIpc) is 2.29. The number of nitrogens with zero attached hydrogens (tertiary/aromatic N) is 1. The van der Waals surface area contributed by atoms with Gasteiger partial charge in [-0.05, 0) is 18.2 Å². The molecule has 0 aliphatic carbocycles. The van der Waals surface area contributed by atoms with Crippen molar-refractivity contribution in [1.29, 1.82) is 0 Å². The van der Waals surface area contributed by atoms with Gasteiger partial charge in [0.1, 0.15) is 11.6 Å². The minimum absolute atomic E-state index is 0.402. The highest BCUT2D eigenvalue weighted by atomic mass is 32.2. The summed E-state index contributed by atoms with van der Waals surface area (Å²) in [6, 6.07) is 3.65. The van der Waals surface area contributed by atoms with E-state index in [1.165, 1.54) is 32.3 Å². The fourth-order valence-corrected chi connectivity index (χ4v) is 2.59. The minimum atomic E-state index is -3.55. The highest BCUT2D eigenvalue weighted by Crippen LogP contribution is 2.32. The maximum Gasteiger partial charge on any atom is 0.279 e. The molecule has 0 spiro atoms. The van der Waals surface area contributed by atoms with Gasteiger partial charge in [0.25, 0.3) is 10.2 Å². The lowest BCUT2D eigenvalue weighted by Gasteiger charge is -2.27. The van der Waals surface area contributed by atoms with Gasteiger partial charge in [-0.3, -0.25) is 0 Å². The van der Waals surface area contributed by atoms with Crippen LogP contribution in [0.4, 0.5) is 4.39 Å². The van der Waals surface area contributed by atoms with Gasteiger partial charge >= 0.3 is 0 Å². The van der Waals surface area contributed by atoms with E-state index >= 15 is 0 Å². The SMILES string of the molecule is CN(C)S(=O)(=O)NC1CCOc2ccc(F)cc21. The Morgan fingerprint density at radius 1 is 1.44 bits per heavy atom. The first-order valence-electron chi connectivity index (χ1n) is 5.52. The monoisotopic (exact) mass is 274 g/mol. The van der Waals surface area contributed by atoms with Gasteiger partial charge in [0.2, 0.25) is 0 Å². The van der Waals surface area contributed by atoms with Crippen LogP contribution < -0.4 is 9.46 Å². The smallest absolute Gasteiger partial charge is 0.279 e. The summed E-state index contributed by atoms with van der Waals surface area (Å²) in [6.07, 6.45) is 0.476. The summed E-state index contributed by atoms with van der Waals surface area (Å²) in [7, 11) is -0.671. The van der Waals surface area contributed by atoms with Crippen molar-refractivity contribution in [3.8, 4) is 5.75 Å². The van der Waals surface area contributed by atoms with E-state index in [-0.39, 0.29) is 0 Å². The van der Waals surface area contributed by atoms with E-state index in [0.29, 0.717) is 24.3 Å². The summed E-state index contributed by atoms with van der Waals surface area (Å²) in [5, 5.41) is 0. The Morgan fingerprint density at radius 3 is 2.83 bits per heavy atom. The molecule has 0 radical (unpaired) electrons. The maximum atomic E-state index is 13.2. The van der Waals surface area contributed by atoms with Crippen molar-refractivity contribution in [1.82, 2.24) is 9.03 Å². The first kappa shape index (κ1) is 13.3. The molecule has 0 fully saturated rings. The Hall–Kier alpha value is -1.18. The van der Waals surface area contributed by atoms with E-state index in [4.69, 9.17) is 4.74 Å². The van der Waals surface area contributed by atoms with Crippen molar-refractivity contribution in [2.24, 2.45) is 0 Å². The summed E-state index contributed by atoms with van der Waals surface area (Å²) in [5.74, 6) is 0.113. The standard InChI is InChI=1S/C11H15FN2O3S/c1-14(2)18(15,16)13-10-5-6-17-11-4-3-8(12)7-9(10)11/h3-4,7,10,13H,5-6H2,1-2H3. The Balaban J connectivity index is 2.31. The van der Waals surface area contributed by atoms with E-state index in [1.54, 1.807) is 0 Å². The molecule has 0 saturated carbocycles. The number of benzene rings is 1. The predicted octanol–water partition coefficient (Wildman–Crippen LogP) is 1.05. The van der Waals surface area contributed by atoms with E-state index in [0.717, 1.165) is 4.31 Å². The molecule has 1 aliphatic rings. The molecule has 100 valence electrons. The summed E-state index contributed by atoms with van der Waals surface area (Å²) in [6.45, 7) is 0.402. The summed E-state index contributed by atoms with van der Waals surface area (Å²) in [4.78, 5) is 0. The molecule has 0 bridgehead atoms. The van der Waals surface area contributed by atoms with Crippen LogP contribution in [-0.4, -0.2) is 33.4 Å². The summed E-state index contributed by atoms with van der Waals surface area (Å²) >= 11 is 0. The van der Waals surface area contributed by atoms with Gasteiger partial charge in [0, 0.05) is 26.1 Å². The van der Waals surface area contributed by atoms with Crippen molar-refractivity contribution in [3.63, 3.8) is 0 Å². The number of halogens is 1. The second kappa shape index (κ2) is 4.83. The van der Waals surface area contributed by atoms with Gasteiger partial charge in [0.15, 0.2) is 0 Å². The first-order valence-corrected chi connectivity index (χ1v) is 6.96. The van der Waals surface area contributed by atoms with Crippen LogP contribution in [0.1, 0.15) is 18.0 Å². The number of fused-ring (bicyclic) bond motifs is 1. The molecule has 1 N–H and O–H groups in total. The fourth-order valence-electron chi connectivity index (χ4n) is 1.77. The molecular weight excluding hydrogens is 259 g/mol. The van der Waals surface area contributed by atoms with Gasteiger partial charge in [0.05, 0.1) is 12.6 Å². The molecule has 0 aromatic heterocycles. The van der Waals surface area contributed by atoms with Crippen LogP contribution in [-0.2, 0) is 10.2 Å². The second-order valence-electron chi connectivity index (χ2n) is 4.28. The number of hydrogen-bond donors (Lipinski definition) is 1. The van der Waals surface area contributed by atoms with E-state index in [1.807, 2.05) is 0 Å². The van der Waals surface area contributed by atoms with Crippen LogP contribution in [0.25, 0.3) is 0 Å². The normalized spacial score (nSPS) is 19.4. The fraction of sp³-hybridized carbons (Fsp3) is 0.455. The number of ether oxygens (including phenoxy) is 1. The van der Waals surface area contributed by atoms with Crippen LogP contribution in [0.5, 0.6) is 5.75 Å².